The van der Waals surface area contributed by atoms with E-state index in [1.165, 1.54) is 0 Å². The Hall–Kier alpha value is -2.44. The summed E-state index contributed by atoms with van der Waals surface area (Å²) in [6, 6.07) is 10.9. The molecule has 2 aromatic carbocycles. The van der Waals surface area contributed by atoms with Crippen molar-refractivity contribution in [3.05, 3.63) is 47.0 Å². The molecule has 0 aliphatic carbocycles. The lowest BCUT2D eigenvalue weighted by molar-refractivity contribution is -0.885. The highest BCUT2D eigenvalue weighted by Crippen LogP contribution is 2.28. The van der Waals surface area contributed by atoms with Gasteiger partial charge in [0, 0.05) is 11.3 Å². The van der Waals surface area contributed by atoms with Crippen LogP contribution < -0.4 is 24.4 Å². The van der Waals surface area contributed by atoms with Crippen LogP contribution in [-0.4, -0.2) is 40.8 Å². The van der Waals surface area contributed by atoms with Crippen LogP contribution in [0.4, 0.5) is 5.69 Å². The van der Waals surface area contributed by atoms with Crippen LogP contribution in [0, 0.1) is 0 Å². The number of rotatable bonds is 8. The van der Waals surface area contributed by atoms with Crippen LogP contribution in [0.1, 0.15) is 5.56 Å². The van der Waals surface area contributed by atoms with Gasteiger partial charge in [0.2, 0.25) is 0 Å². The minimum Gasteiger partial charge on any atom is -0.495 e. The zero-order valence-corrected chi connectivity index (χ0v) is 16.1. The molecule has 6 nitrogen and oxygen atoms in total. The topological polar surface area (TPSA) is 61.2 Å². The van der Waals surface area contributed by atoms with E-state index in [0.29, 0.717) is 41.0 Å². The molecule has 7 heteroatoms. The molecule has 0 saturated heterocycles. The Bertz CT molecular complexity index is 767. The number of carbonyl (C=O) groups excluding carboxylic acids is 1. The van der Waals surface area contributed by atoms with E-state index in [1.54, 1.807) is 39.5 Å². The number of nitrogens with one attached hydrogen (secondary N) is 2. The number of ether oxygens (including phenoxy) is 3. The molecule has 0 aromatic heterocycles. The van der Waals surface area contributed by atoms with Gasteiger partial charge in [-0.1, -0.05) is 11.6 Å². The van der Waals surface area contributed by atoms with Crippen molar-refractivity contribution >= 4 is 23.2 Å². The summed E-state index contributed by atoms with van der Waals surface area (Å²) in [6.45, 7) is 0.995. The third-order valence-corrected chi connectivity index (χ3v) is 4.15. The molecule has 0 heterocycles. The predicted molar refractivity (Wildman–Crippen MR) is 102 cm³/mol. The molecule has 1 atom stereocenters. The Morgan fingerprint density at radius 2 is 1.65 bits per heavy atom. The molecule has 0 fully saturated rings. The van der Waals surface area contributed by atoms with E-state index in [-0.39, 0.29) is 5.91 Å². The average molecular weight is 380 g/mol. The van der Waals surface area contributed by atoms with Crippen LogP contribution in [0.3, 0.4) is 0 Å². The first-order valence-corrected chi connectivity index (χ1v) is 8.50. The highest BCUT2D eigenvalue weighted by atomic mass is 35.5. The van der Waals surface area contributed by atoms with Crippen molar-refractivity contribution in [3.63, 3.8) is 0 Å². The van der Waals surface area contributed by atoms with Gasteiger partial charge < -0.3 is 24.4 Å². The monoisotopic (exact) mass is 379 g/mol. The molecule has 0 spiro atoms. The van der Waals surface area contributed by atoms with Crippen molar-refractivity contribution in [1.82, 2.24) is 0 Å². The minimum absolute atomic E-state index is 0.0933. The van der Waals surface area contributed by atoms with Crippen molar-refractivity contribution in [3.8, 4) is 17.2 Å². The van der Waals surface area contributed by atoms with Gasteiger partial charge >= 0.3 is 0 Å². The van der Waals surface area contributed by atoms with Crippen LogP contribution in [0.25, 0.3) is 0 Å². The number of halogens is 1. The number of carbonyl (C=O) groups is 1. The average Bonchev–Trinajstić information content (AvgIpc) is 2.61. The fourth-order valence-electron chi connectivity index (χ4n) is 2.62. The zero-order valence-electron chi connectivity index (χ0n) is 15.4. The van der Waals surface area contributed by atoms with Crippen LogP contribution in [-0.2, 0) is 11.3 Å². The molecule has 0 radical (unpaired) electrons. The molecular weight excluding hydrogens is 356 g/mol. The summed E-state index contributed by atoms with van der Waals surface area (Å²) in [5.74, 6) is 1.84. The number of likely N-dealkylation sites (N-methyl/N-ethyl adjacent to an activating group) is 1. The van der Waals surface area contributed by atoms with Gasteiger partial charge in [0.05, 0.1) is 33.4 Å². The third kappa shape index (κ3) is 5.28. The van der Waals surface area contributed by atoms with Crippen LogP contribution in [0.2, 0.25) is 5.02 Å². The summed E-state index contributed by atoms with van der Waals surface area (Å²) >= 11 is 6.08. The summed E-state index contributed by atoms with van der Waals surface area (Å²) in [6.07, 6.45) is 0. The molecule has 2 N–H and O–H groups in total. The number of methoxy groups -OCH3 is 3. The fourth-order valence-corrected chi connectivity index (χ4v) is 2.88. The van der Waals surface area contributed by atoms with Gasteiger partial charge in [-0.15, -0.1) is 0 Å². The molecule has 0 saturated carbocycles. The molecule has 1 unspecified atom stereocenters. The molecule has 2 rings (SSSR count). The molecular formula is C19H24ClN2O4+. The number of quaternary nitrogens is 1. The second kappa shape index (κ2) is 9.31. The molecule has 0 bridgehead atoms. The van der Waals surface area contributed by atoms with Crippen molar-refractivity contribution < 1.29 is 23.9 Å². The second-order valence-corrected chi connectivity index (χ2v) is 6.30. The van der Waals surface area contributed by atoms with E-state index in [2.05, 4.69) is 5.32 Å². The largest absolute Gasteiger partial charge is 0.495 e. The number of anilines is 1. The van der Waals surface area contributed by atoms with Crippen molar-refractivity contribution in [1.29, 1.82) is 0 Å². The van der Waals surface area contributed by atoms with E-state index in [4.69, 9.17) is 25.8 Å². The first-order valence-electron chi connectivity index (χ1n) is 8.12. The van der Waals surface area contributed by atoms with Gasteiger partial charge in [-0.2, -0.15) is 0 Å². The summed E-state index contributed by atoms with van der Waals surface area (Å²) in [4.78, 5) is 13.3. The SMILES string of the molecule is COc1ccc(NC(=O)C[NH+](C)Cc2ccc(OC)c(OC)c2)cc1Cl. The Morgan fingerprint density at radius 1 is 1.00 bits per heavy atom. The molecule has 140 valence electrons. The number of hydrogen-bond acceptors (Lipinski definition) is 4. The highest BCUT2D eigenvalue weighted by molar-refractivity contribution is 6.32. The van der Waals surface area contributed by atoms with E-state index in [9.17, 15) is 4.79 Å². The van der Waals surface area contributed by atoms with E-state index >= 15 is 0 Å². The molecule has 1 amide bonds. The summed E-state index contributed by atoms with van der Waals surface area (Å²) < 4.78 is 15.7. The van der Waals surface area contributed by atoms with Gasteiger partial charge in [-0.25, -0.2) is 0 Å². The van der Waals surface area contributed by atoms with E-state index < -0.39 is 0 Å². The predicted octanol–water partition coefficient (Wildman–Crippen LogP) is 2.02. The van der Waals surface area contributed by atoms with Crippen LogP contribution >= 0.6 is 11.6 Å². The maximum absolute atomic E-state index is 12.3. The van der Waals surface area contributed by atoms with Crippen molar-refractivity contribution in [2.24, 2.45) is 0 Å². The number of benzene rings is 2. The maximum Gasteiger partial charge on any atom is 0.279 e. The third-order valence-electron chi connectivity index (χ3n) is 3.85. The van der Waals surface area contributed by atoms with E-state index in [0.717, 1.165) is 10.5 Å². The van der Waals surface area contributed by atoms with E-state index in [1.807, 2.05) is 25.2 Å². The normalized spacial score (nSPS) is 11.6. The van der Waals surface area contributed by atoms with Gasteiger partial charge in [-0.05, 0) is 36.4 Å². The lowest BCUT2D eigenvalue weighted by atomic mass is 10.2. The second-order valence-electron chi connectivity index (χ2n) is 5.90. The first-order chi connectivity index (χ1) is 12.5. The quantitative estimate of drug-likeness (QED) is 0.736. The van der Waals surface area contributed by atoms with Gasteiger partial charge in [0.1, 0.15) is 12.3 Å². The van der Waals surface area contributed by atoms with Crippen LogP contribution in [0.15, 0.2) is 36.4 Å². The lowest BCUT2D eigenvalue weighted by Gasteiger charge is -2.15. The molecule has 26 heavy (non-hydrogen) atoms. The molecule has 0 aliphatic heterocycles. The Kier molecular flexibility index (Phi) is 7.12. The number of hydrogen-bond donors (Lipinski definition) is 2. The zero-order chi connectivity index (χ0) is 19.1. The van der Waals surface area contributed by atoms with Crippen LogP contribution in [0.5, 0.6) is 17.2 Å². The van der Waals surface area contributed by atoms with Crippen molar-refractivity contribution in [2.75, 3.05) is 40.2 Å². The Morgan fingerprint density at radius 3 is 2.27 bits per heavy atom. The van der Waals surface area contributed by atoms with Gasteiger partial charge in [0.25, 0.3) is 5.91 Å². The van der Waals surface area contributed by atoms with Crippen molar-refractivity contribution in [2.45, 2.75) is 6.54 Å². The summed E-state index contributed by atoms with van der Waals surface area (Å²) in [5.41, 5.74) is 1.69. The summed E-state index contributed by atoms with van der Waals surface area (Å²) in [5, 5.41) is 3.30. The lowest BCUT2D eigenvalue weighted by Crippen LogP contribution is -3.08. The standard InChI is InChI=1S/C19H23ClN2O4/c1-22(11-13-5-7-17(25-3)18(9-13)26-4)12-19(23)21-14-6-8-16(24-2)15(20)10-14/h5-10H,11-12H2,1-4H3,(H,21,23)/p+1. The Balaban J connectivity index is 1.93. The smallest absolute Gasteiger partial charge is 0.279 e. The minimum atomic E-state index is -0.0933. The summed E-state index contributed by atoms with van der Waals surface area (Å²) in [7, 11) is 6.71. The first kappa shape index (κ1) is 19.9. The maximum atomic E-state index is 12.3. The van der Waals surface area contributed by atoms with Gasteiger partial charge in [-0.3, -0.25) is 4.79 Å². The fraction of sp³-hybridized carbons (Fsp3) is 0.316. The number of amides is 1. The Labute approximate surface area is 158 Å². The molecule has 0 aliphatic rings. The highest BCUT2D eigenvalue weighted by Gasteiger charge is 2.13. The van der Waals surface area contributed by atoms with Gasteiger partial charge in [0.15, 0.2) is 18.0 Å². The molecule has 2 aromatic rings.